The average Bonchev–Trinajstić information content (AvgIpc) is 3.42. The number of carbonyl (C=O) groups excluding carboxylic acids is 2. The molecule has 0 bridgehead atoms. The van der Waals surface area contributed by atoms with Crippen LogP contribution in [0.2, 0.25) is 0 Å². The SMILES string of the molecule is COc1cc2c(cc1OCc1cccc(COc3cc4c(cc3OC)C(=O)N3Cc5ccccc5C[C@H]3C=N4)c1)N=C[C@@H]1Cc3ccccc3CN1C2=O. The quantitative estimate of drug-likeness (QED) is 0.166. The summed E-state index contributed by atoms with van der Waals surface area (Å²) in [5, 5.41) is 0. The highest BCUT2D eigenvalue weighted by Crippen LogP contribution is 2.40. The third kappa shape index (κ3) is 6.13. The number of carbonyl (C=O) groups is 2. The van der Waals surface area contributed by atoms with E-state index in [1.807, 2.05) is 70.8 Å². The summed E-state index contributed by atoms with van der Waals surface area (Å²) in [6.07, 6.45) is 5.18. The van der Waals surface area contributed by atoms with Crippen LogP contribution < -0.4 is 18.9 Å². The summed E-state index contributed by atoms with van der Waals surface area (Å²) >= 11 is 0. The van der Waals surface area contributed by atoms with E-state index in [-0.39, 0.29) is 37.1 Å². The highest BCUT2D eigenvalue weighted by molar-refractivity contribution is 6.04. The van der Waals surface area contributed by atoms with E-state index in [2.05, 4.69) is 24.3 Å². The molecule has 0 aromatic heterocycles. The Balaban J connectivity index is 0.897. The Morgan fingerprint density at radius 1 is 0.556 bits per heavy atom. The molecular formula is C44H38N4O6. The molecule has 0 radical (unpaired) electrons. The third-order valence-electron chi connectivity index (χ3n) is 10.7. The van der Waals surface area contributed by atoms with Crippen LogP contribution >= 0.6 is 0 Å². The molecule has 10 nitrogen and oxygen atoms in total. The van der Waals surface area contributed by atoms with Gasteiger partial charge in [-0.05, 0) is 64.4 Å². The van der Waals surface area contributed by atoms with Crippen LogP contribution in [0.3, 0.4) is 0 Å². The second-order valence-corrected chi connectivity index (χ2v) is 13.9. The van der Waals surface area contributed by atoms with Crippen molar-refractivity contribution in [1.82, 2.24) is 9.80 Å². The molecule has 5 aromatic rings. The van der Waals surface area contributed by atoms with E-state index in [1.54, 1.807) is 38.5 Å². The first kappa shape index (κ1) is 33.4. The minimum Gasteiger partial charge on any atom is -0.493 e. The van der Waals surface area contributed by atoms with Crippen LogP contribution in [0.25, 0.3) is 0 Å². The number of fused-ring (bicyclic) bond motifs is 6. The Morgan fingerprint density at radius 2 is 1.00 bits per heavy atom. The van der Waals surface area contributed by atoms with Gasteiger partial charge in [-0.3, -0.25) is 19.6 Å². The van der Waals surface area contributed by atoms with E-state index in [0.717, 1.165) is 35.1 Å². The standard InChI is InChI=1S/C44H38N4O6/c1-51-39-17-35-37(45-21-33-15-29-10-3-5-12-31(29)23-47(33)43(35)49)19-41(39)53-25-27-8-7-9-28(14-27)26-54-42-20-38-36(18-40(42)52-2)44(50)48-24-32-13-6-4-11-30(32)16-34(48)22-46-38/h3-14,17-22,33-34H,15-16,23-26H2,1-2H3/t33-,34-/m0/s1. The molecule has 2 amide bonds. The van der Waals surface area contributed by atoms with Crippen LogP contribution in [0.1, 0.15) is 54.1 Å². The molecule has 5 aromatic carbocycles. The van der Waals surface area contributed by atoms with Gasteiger partial charge in [0.05, 0.1) is 48.8 Å². The molecule has 0 fully saturated rings. The predicted octanol–water partition coefficient (Wildman–Crippen LogP) is 7.43. The normalized spacial score (nSPS) is 17.9. The summed E-state index contributed by atoms with van der Waals surface area (Å²) in [5.74, 6) is 1.76. The van der Waals surface area contributed by atoms with Crippen molar-refractivity contribution in [3.05, 3.63) is 142 Å². The number of rotatable bonds is 8. The number of aliphatic imine (C=N–C) groups is 2. The van der Waals surface area contributed by atoms with Crippen LogP contribution in [0, 0.1) is 0 Å². The van der Waals surface area contributed by atoms with E-state index in [9.17, 15) is 9.59 Å². The molecular weight excluding hydrogens is 681 g/mol. The molecule has 4 aliphatic heterocycles. The van der Waals surface area contributed by atoms with Crippen LogP contribution in [0.4, 0.5) is 11.4 Å². The van der Waals surface area contributed by atoms with Crippen molar-refractivity contribution in [2.75, 3.05) is 14.2 Å². The smallest absolute Gasteiger partial charge is 0.257 e. The van der Waals surface area contributed by atoms with Gasteiger partial charge in [0.1, 0.15) is 13.2 Å². The van der Waals surface area contributed by atoms with Crippen molar-refractivity contribution in [2.24, 2.45) is 9.98 Å². The van der Waals surface area contributed by atoms with Gasteiger partial charge in [-0.2, -0.15) is 0 Å². The Kier molecular flexibility index (Phi) is 8.57. The average molecular weight is 719 g/mol. The highest BCUT2D eigenvalue weighted by atomic mass is 16.5. The number of benzene rings is 5. The van der Waals surface area contributed by atoms with Crippen LogP contribution in [-0.2, 0) is 39.1 Å². The lowest BCUT2D eigenvalue weighted by atomic mass is 9.94. The van der Waals surface area contributed by atoms with Gasteiger partial charge in [0.15, 0.2) is 23.0 Å². The summed E-state index contributed by atoms with van der Waals surface area (Å²) < 4.78 is 24.0. The molecule has 0 saturated carbocycles. The predicted molar refractivity (Wildman–Crippen MR) is 205 cm³/mol. The monoisotopic (exact) mass is 718 g/mol. The van der Waals surface area contributed by atoms with Gasteiger partial charge in [-0.25, -0.2) is 0 Å². The lowest BCUT2D eigenvalue weighted by Gasteiger charge is -2.34. The largest absolute Gasteiger partial charge is 0.493 e. The first-order chi connectivity index (χ1) is 26.4. The van der Waals surface area contributed by atoms with Gasteiger partial charge in [-0.1, -0.05) is 66.7 Å². The third-order valence-corrected chi connectivity index (χ3v) is 10.7. The zero-order chi connectivity index (χ0) is 36.8. The molecule has 9 rings (SSSR count). The maximum absolute atomic E-state index is 13.8. The maximum atomic E-state index is 13.8. The lowest BCUT2D eigenvalue weighted by molar-refractivity contribution is 0.0696. The fourth-order valence-corrected chi connectivity index (χ4v) is 7.78. The molecule has 54 heavy (non-hydrogen) atoms. The second-order valence-electron chi connectivity index (χ2n) is 13.9. The number of hydrogen-bond donors (Lipinski definition) is 0. The molecule has 0 spiro atoms. The molecule has 2 atom stereocenters. The van der Waals surface area contributed by atoms with Gasteiger partial charge >= 0.3 is 0 Å². The van der Waals surface area contributed by atoms with Crippen LogP contribution in [0.15, 0.2) is 107 Å². The van der Waals surface area contributed by atoms with Gasteiger partial charge in [0.25, 0.3) is 11.8 Å². The number of ether oxygens (including phenoxy) is 4. The van der Waals surface area contributed by atoms with Gasteiger partial charge in [-0.15, -0.1) is 0 Å². The molecule has 10 heteroatoms. The number of methoxy groups -OCH3 is 2. The summed E-state index contributed by atoms with van der Waals surface area (Å²) in [5.41, 5.74) is 8.72. The van der Waals surface area contributed by atoms with Crippen molar-refractivity contribution >= 4 is 35.6 Å². The fourth-order valence-electron chi connectivity index (χ4n) is 7.78. The van der Waals surface area contributed by atoms with Crippen LogP contribution in [0.5, 0.6) is 23.0 Å². The van der Waals surface area contributed by atoms with Crippen molar-refractivity contribution in [3.63, 3.8) is 0 Å². The molecule has 270 valence electrons. The first-order valence-electron chi connectivity index (χ1n) is 18.1. The van der Waals surface area contributed by atoms with Crippen molar-refractivity contribution in [2.45, 2.75) is 51.2 Å². The highest BCUT2D eigenvalue weighted by Gasteiger charge is 2.35. The Morgan fingerprint density at radius 3 is 1.44 bits per heavy atom. The Hall–Kier alpha value is -6.42. The topological polar surface area (TPSA) is 102 Å². The molecule has 0 unspecified atom stereocenters. The van der Waals surface area contributed by atoms with Gasteiger partial charge < -0.3 is 28.7 Å². The van der Waals surface area contributed by atoms with E-state index in [1.165, 1.54) is 11.1 Å². The number of hydrogen-bond acceptors (Lipinski definition) is 8. The summed E-state index contributed by atoms with van der Waals surface area (Å²) in [6.45, 7) is 1.58. The maximum Gasteiger partial charge on any atom is 0.257 e. The first-order valence-corrected chi connectivity index (χ1v) is 18.1. The summed E-state index contributed by atoms with van der Waals surface area (Å²) in [4.78, 5) is 40.8. The van der Waals surface area contributed by atoms with E-state index in [0.29, 0.717) is 58.6 Å². The summed E-state index contributed by atoms with van der Waals surface area (Å²) in [7, 11) is 3.14. The van der Waals surface area contributed by atoms with Crippen molar-refractivity contribution in [3.8, 4) is 23.0 Å². The fraction of sp³-hybridized carbons (Fsp3) is 0.227. The Bertz CT molecular complexity index is 2210. The zero-order valence-corrected chi connectivity index (χ0v) is 30.0. The molecule has 0 N–H and O–H groups in total. The number of amides is 2. The lowest BCUT2D eigenvalue weighted by Crippen LogP contribution is -2.44. The van der Waals surface area contributed by atoms with Crippen molar-refractivity contribution < 1.29 is 28.5 Å². The number of nitrogens with zero attached hydrogens (tertiary/aromatic N) is 4. The molecule has 0 saturated heterocycles. The minimum absolute atomic E-state index is 0.0779. The molecule has 0 aliphatic carbocycles. The molecule has 4 heterocycles. The van der Waals surface area contributed by atoms with Gasteiger partial charge in [0.2, 0.25) is 0 Å². The van der Waals surface area contributed by atoms with E-state index < -0.39 is 0 Å². The van der Waals surface area contributed by atoms with E-state index >= 15 is 0 Å². The Labute approximate surface area is 313 Å². The zero-order valence-electron chi connectivity index (χ0n) is 30.0. The minimum atomic E-state index is -0.123. The van der Waals surface area contributed by atoms with Gasteiger partial charge in [0, 0.05) is 37.7 Å². The van der Waals surface area contributed by atoms with Crippen molar-refractivity contribution in [1.29, 1.82) is 0 Å². The second kappa shape index (κ2) is 13.9. The summed E-state index contributed by atoms with van der Waals surface area (Å²) in [6, 6.07) is 31.2. The van der Waals surface area contributed by atoms with E-state index in [4.69, 9.17) is 28.9 Å². The molecule has 4 aliphatic rings. The van der Waals surface area contributed by atoms with Crippen LogP contribution in [-0.4, -0.2) is 60.3 Å².